The van der Waals surface area contributed by atoms with E-state index < -0.39 is 0 Å². The van der Waals surface area contributed by atoms with Crippen molar-refractivity contribution < 1.29 is 9.53 Å². The Morgan fingerprint density at radius 1 is 1.45 bits per heavy atom. The molecule has 0 bridgehead atoms. The van der Waals surface area contributed by atoms with Gasteiger partial charge in [-0.05, 0) is 39.2 Å². The van der Waals surface area contributed by atoms with Crippen LogP contribution in [-0.2, 0) is 16.1 Å². The predicted octanol–water partition coefficient (Wildman–Crippen LogP) is 1.49. The van der Waals surface area contributed by atoms with E-state index in [0.29, 0.717) is 31.0 Å². The largest absolute Gasteiger partial charge is 0.378 e. The number of hydrogen-bond donors (Lipinski definition) is 1. The molecule has 1 aromatic rings. The Morgan fingerprint density at radius 2 is 2.25 bits per heavy atom. The molecule has 1 aliphatic heterocycles. The molecule has 2 fully saturated rings. The fourth-order valence-electron chi connectivity index (χ4n) is 3.25. The monoisotopic (exact) mass is 277 g/mol. The van der Waals surface area contributed by atoms with E-state index in [0.717, 1.165) is 30.8 Å². The van der Waals surface area contributed by atoms with Crippen molar-refractivity contribution in [3.63, 3.8) is 0 Å². The van der Waals surface area contributed by atoms with E-state index in [4.69, 9.17) is 4.74 Å². The SMILES string of the molecule is Cc1nn(CCC(=O)N[C@@H]2C[C@H]3OCC[C@@H]23)c(C)c1C. The van der Waals surface area contributed by atoms with Crippen LogP contribution in [0.3, 0.4) is 0 Å². The third-order valence-electron chi connectivity index (χ3n) is 4.90. The maximum atomic E-state index is 12.0. The molecule has 2 heterocycles. The average Bonchev–Trinajstić information content (AvgIpc) is 2.89. The molecule has 1 aromatic heterocycles. The second-order valence-electron chi connectivity index (χ2n) is 6.04. The van der Waals surface area contributed by atoms with Crippen molar-refractivity contribution >= 4 is 5.91 Å². The quantitative estimate of drug-likeness (QED) is 0.907. The lowest BCUT2D eigenvalue weighted by molar-refractivity contribution is -0.124. The van der Waals surface area contributed by atoms with Crippen LogP contribution in [-0.4, -0.2) is 34.4 Å². The normalized spacial score (nSPS) is 28.1. The van der Waals surface area contributed by atoms with Gasteiger partial charge in [0.1, 0.15) is 0 Å². The number of nitrogens with zero attached hydrogens (tertiary/aromatic N) is 2. The summed E-state index contributed by atoms with van der Waals surface area (Å²) in [6, 6.07) is 0.331. The van der Waals surface area contributed by atoms with Crippen molar-refractivity contribution in [3.8, 4) is 0 Å². The first-order valence-electron chi connectivity index (χ1n) is 7.48. The minimum Gasteiger partial charge on any atom is -0.378 e. The number of amides is 1. The molecule has 0 unspecified atom stereocenters. The molecule has 1 saturated heterocycles. The Morgan fingerprint density at radius 3 is 2.90 bits per heavy atom. The highest BCUT2D eigenvalue weighted by Crippen LogP contribution is 2.38. The smallest absolute Gasteiger partial charge is 0.222 e. The van der Waals surface area contributed by atoms with Crippen molar-refractivity contribution in [1.29, 1.82) is 0 Å². The van der Waals surface area contributed by atoms with Gasteiger partial charge in [0, 0.05) is 37.2 Å². The van der Waals surface area contributed by atoms with E-state index >= 15 is 0 Å². The van der Waals surface area contributed by atoms with Crippen molar-refractivity contribution in [1.82, 2.24) is 15.1 Å². The number of fused-ring (bicyclic) bond motifs is 1. The van der Waals surface area contributed by atoms with Gasteiger partial charge in [0.2, 0.25) is 5.91 Å². The van der Waals surface area contributed by atoms with Gasteiger partial charge in [0.15, 0.2) is 0 Å². The van der Waals surface area contributed by atoms with E-state index in [1.807, 2.05) is 11.6 Å². The van der Waals surface area contributed by atoms with Crippen LogP contribution >= 0.6 is 0 Å². The topological polar surface area (TPSA) is 56.2 Å². The summed E-state index contributed by atoms with van der Waals surface area (Å²) >= 11 is 0. The summed E-state index contributed by atoms with van der Waals surface area (Å²) in [6.07, 6.45) is 2.97. The standard InChI is InChI=1S/C15H23N3O2/c1-9-10(2)17-18(11(9)3)6-4-15(19)16-13-8-14-12(13)5-7-20-14/h12-14H,4-8H2,1-3H3,(H,16,19)/t12-,13+,14+/m0/s1. The maximum Gasteiger partial charge on any atom is 0.222 e. The van der Waals surface area contributed by atoms with Crippen LogP contribution < -0.4 is 5.32 Å². The lowest BCUT2D eigenvalue weighted by Gasteiger charge is -2.39. The summed E-state index contributed by atoms with van der Waals surface area (Å²) in [5, 5.41) is 7.60. The van der Waals surface area contributed by atoms with Crippen LogP contribution in [0.4, 0.5) is 0 Å². The van der Waals surface area contributed by atoms with E-state index in [1.54, 1.807) is 0 Å². The van der Waals surface area contributed by atoms with Crippen LogP contribution in [0.5, 0.6) is 0 Å². The van der Waals surface area contributed by atoms with Gasteiger partial charge in [-0.2, -0.15) is 5.10 Å². The molecule has 5 heteroatoms. The Kier molecular flexibility index (Phi) is 3.54. The number of rotatable bonds is 4. The van der Waals surface area contributed by atoms with Gasteiger partial charge < -0.3 is 10.1 Å². The first-order chi connectivity index (χ1) is 9.56. The number of carbonyl (C=O) groups excluding carboxylic acids is 1. The average molecular weight is 277 g/mol. The van der Waals surface area contributed by atoms with Gasteiger partial charge in [0.05, 0.1) is 11.8 Å². The van der Waals surface area contributed by atoms with E-state index in [9.17, 15) is 4.79 Å². The van der Waals surface area contributed by atoms with E-state index in [1.165, 1.54) is 5.56 Å². The Balaban J connectivity index is 1.48. The molecule has 110 valence electrons. The van der Waals surface area contributed by atoms with E-state index in [2.05, 4.69) is 24.3 Å². The van der Waals surface area contributed by atoms with Crippen LogP contribution in [0.1, 0.15) is 36.2 Å². The first kappa shape index (κ1) is 13.6. The zero-order valence-electron chi connectivity index (χ0n) is 12.5. The number of carbonyl (C=O) groups is 1. The molecule has 1 aliphatic carbocycles. The number of hydrogen-bond acceptors (Lipinski definition) is 3. The number of aryl methyl sites for hydroxylation is 2. The number of nitrogens with one attached hydrogen (secondary N) is 1. The van der Waals surface area contributed by atoms with Crippen molar-refractivity contribution in [3.05, 3.63) is 17.0 Å². The van der Waals surface area contributed by atoms with Crippen molar-refractivity contribution in [2.24, 2.45) is 5.92 Å². The third kappa shape index (κ3) is 2.35. The van der Waals surface area contributed by atoms with Crippen LogP contribution in [0.15, 0.2) is 0 Å². The van der Waals surface area contributed by atoms with Crippen LogP contribution in [0.25, 0.3) is 0 Å². The molecule has 0 aromatic carbocycles. The highest BCUT2D eigenvalue weighted by molar-refractivity contribution is 5.76. The summed E-state index contributed by atoms with van der Waals surface area (Å²) in [4.78, 5) is 12.0. The molecule has 1 N–H and O–H groups in total. The first-order valence-corrected chi connectivity index (χ1v) is 7.48. The number of aromatic nitrogens is 2. The lowest BCUT2D eigenvalue weighted by Crippen LogP contribution is -2.53. The second-order valence-corrected chi connectivity index (χ2v) is 6.04. The molecule has 1 saturated carbocycles. The fraction of sp³-hybridized carbons (Fsp3) is 0.733. The van der Waals surface area contributed by atoms with Crippen LogP contribution in [0, 0.1) is 26.7 Å². The highest BCUT2D eigenvalue weighted by atomic mass is 16.5. The van der Waals surface area contributed by atoms with Gasteiger partial charge in [-0.15, -0.1) is 0 Å². The Hall–Kier alpha value is -1.36. The molecule has 2 aliphatic rings. The van der Waals surface area contributed by atoms with E-state index in [-0.39, 0.29) is 5.91 Å². The van der Waals surface area contributed by atoms with Gasteiger partial charge in [-0.3, -0.25) is 9.48 Å². The van der Waals surface area contributed by atoms with Crippen molar-refractivity contribution in [2.75, 3.05) is 6.61 Å². The summed E-state index contributed by atoms with van der Waals surface area (Å²) in [6.45, 7) is 7.65. The molecular weight excluding hydrogens is 254 g/mol. The Labute approximate surface area is 119 Å². The lowest BCUT2D eigenvalue weighted by atomic mass is 9.76. The Bertz CT molecular complexity index is 523. The summed E-state index contributed by atoms with van der Waals surface area (Å²) < 4.78 is 7.50. The van der Waals surface area contributed by atoms with Gasteiger partial charge in [0.25, 0.3) is 0 Å². The molecule has 5 nitrogen and oxygen atoms in total. The highest BCUT2D eigenvalue weighted by Gasteiger charge is 2.45. The molecule has 0 radical (unpaired) electrons. The third-order valence-corrected chi connectivity index (χ3v) is 4.90. The number of ether oxygens (including phenoxy) is 1. The maximum absolute atomic E-state index is 12.0. The molecule has 3 atom stereocenters. The van der Waals surface area contributed by atoms with Crippen molar-refractivity contribution in [2.45, 2.75) is 58.7 Å². The predicted molar refractivity (Wildman–Crippen MR) is 75.4 cm³/mol. The molecule has 20 heavy (non-hydrogen) atoms. The minimum absolute atomic E-state index is 0.130. The zero-order valence-corrected chi connectivity index (χ0v) is 12.5. The molecule has 1 amide bonds. The van der Waals surface area contributed by atoms with Gasteiger partial charge in [-0.1, -0.05) is 0 Å². The fourth-order valence-corrected chi connectivity index (χ4v) is 3.25. The zero-order chi connectivity index (χ0) is 14.3. The summed E-state index contributed by atoms with van der Waals surface area (Å²) in [5.41, 5.74) is 3.42. The molecular formula is C15H23N3O2. The van der Waals surface area contributed by atoms with Gasteiger partial charge >= 0.3 is 0 Å². The second kappa shape index (κ2) is 5.20. The minimum atomic E-state index is 0.130. The molecule has 0 spiro atoms. The molecule has 3 rings (SSSR count). The van der Waals surface area contributed by atoms with Crippen LogP contribution in [0.2, 0.25) is 0 Å². The summed E-state index contributed by atoms with van der Waals surface area (Å²) in [5.74, 6) is 0.681. The summed E-state index contributed by atoms with van der Waals surface area (Å²) in [7, 11) is 0. The van der Waals surface area contributed by atoms with Gasteiger partial charge in [-0.25, -0.2) is 0 Å².